The van der Waals surface area contributed by atoms with Gasteiger partial charge in [-0.15, -0.1) is 0 Å². The Morgan fingerprint density at radius 1 is 1.12 bits per heavy atom. The molecule has 2 amide bonds. The number of carbonyl (C=O) groups excluding carboxylic acids is 2. The van der Waals surface area contributed by atoms with Crippen LogP contribution in [0.5, 0.6) is 0 Å². The molecular formula is C23H25F6N7O4. The number of fused-ring (bicyclic) bond motifs is 3. The maximum absolute atomic E-state index is 13.2. The second-order valence-corrected chi connectivity index (χ2v) is 9.18. The van der Waals surface area contributed by atoms with E-state index in [4.69, 9.17) is 4.74 Å². The van der Waals surface area contributed by atoms with Gasteiger partial charge in [0.15, 0.2) is 5.82 Å². The van der Waals surface area contributed by atoms with E-state index in [0.29, 0.717) is 0 Å². The van der Waals surface area contributed by atoms with Crippen molar-refractivity contribution < 1.29 is 40.7 Å². The number of rotatable bonds is 7. The van der Waals surface area contributed by atoms with E-state index in [2.05, 4.69) is 15.4 Å². The molecule has 0 aliphatic carbocycles. The van der Waals surface area contributed by atoms with Crippen LogP contribution >= 0.6 is 0 Å². The van der Waals surface area contributed by atoms with Crippen LogP contribution in [0.3, 0.4) is 0 Å². The van der Waals surface area contributed by atoms with Crippen LogP contribution in [0.1, 0.15) is 24.0 Å². The number of nitrogens with zero attached hydrogens (tertiary/aromatic N) is 5. The fraction of sp³-hybridized carbons (Fsp3) is 0.522. The van der Waals surface area contributed by atoms with E-state index >= 15 is 0 Å². The standard InChI is InChI=1S/C23H25F6N7O4/c1-34-16-8-13(22(24,25)26)10-31-20(16)36-5-4-35(12-14(36)9-18(34)38)17(37)2-6-40-7-3-30-15-11-32-33-21(39)19(15)23(27,28)29/h8,10-11,14H,2-7,9,12H2,1H3,(H2,30,33,39). The van der Waals surface area contributed by atoms with Crippen molar-refractivity contribution in [1.29, 1.82) is 0 Å². The molecule has 11 nitrogen and oxygen atoms in total. The van der Waals surface area contributed by atoms with E-state index in [1.54, 1.807) is 10.00 Å². The molecule has 1 saturated heterocycles. The maximum atomic E-state index is 13.2. The van der Waals surface area contributed by atoms with Crippen molar-refractivity contribution in [2.24, 2.45) is 0 Å². The van der Waals surface area contributed by atoms with Gasteiger partial charge in [-0.2, -0.15) is 31.4 Å². The molecule has 0 radical (unpaired) electrons. The Labute approximate surface area is 223 Å². The molecular weight excluding hydrogens is 552 g/mol. The molecule has 2 aliphatic rings. The van der Waals surface area contributed by atoms with Crippen molar-refractivity contribution in [1.82, 2.24) is 20.1 Å². The van der Waals surface area contributed by atoms with Crippen LogP contribution in [-0.2, 0) is 26.7 Å². The number of alkyl halides is 6. The number of amides is 2. The van der Waals surface area contributed by atoms with Crippen molar-refractivity contribution in [2.45, 2.75) is 31.2 Å². The average Bonchev–Trinajstić information content (AvgIpc) is 2.98. The van der Waals surface area contributed by atoms with E-state index in [9.17, 15) is 40.7 Å². The predicted octanol–water partition coefficient (Wildman–Crippen LogP) is 2.10. The number of ether oxygens (including phenoxy) is 1. The monoisotopic (exact) mass is 577 g/mol. The molecule has 4 rings (SSSR count). The minimum Gasteiger partial charge on any atom is -0.381 e. The third kappa shape index (κ3) is 6.29. The number of halogens is 6. The normalized spacial score (nSPS) is 17.8. The Hall–Kier alpha value is -3.89. The van der Waals surface area contributed by atoms with Gasteiger partial charge in [0, 0.05) is 45.8 Å². The number of nitrogens with one attached hydrogen (secondary N) is 2. The highest BCUT2D eigenvalue weighted by Crippen LogP contribution is 2.38. The van der Waals surface area contributed by atoms with E-state index in [0.717, 1.165) is 23.4 Å². The van der Waals surface area contributed by atoms with Crippen molar-refractivity contribution in [3.63, 3.8) is 0 Å². The molecule has 0 bridgehead atoms. The fourth-order valence-corrected chi connectivity index (χ4v) is 4.57. The van der Waals surface area contributed by atoms with Crippen molar-refractivity contribution in [2.75, 3.05) is 61.6 Å². The first-order valence-corrected chi connectivity index (χ1v) is 12.1. The number of aromatic nitrogens is 3. The summed E-state index contributed by atoms with van der Waals surface area (Å²) in [5.74, 6) is -0.459. The Balaban J connectivity index is 1.29. The van der Waals surface area contributed by atoms with Gasteiger partial charge in [-0.25, -0.2) is 10.1 Å². The van der Waals surface area contributed by atoms with Gasteiger partial charge in [0.2, 0.25) is 11.8 Å². The molecule has 4 heterocycles. The predicted molar refractivity (Wildman–Crippen MR) is 129 cm³/mol. The minimum absolute atomic E-state index is 0.0303. The molecule has 2 aromatic rings. The van der Waals surface area contributed by atoms with Gasteiger partial charge in [-0.05, 0) is 6.07 Å². The molecule has 2 aromatic heterocycles. The van der Waals surface area contributed by atoms with Crippen LogP contribution in [0.15, 0.2) is 23.3 Å². The lowest BCUT2D eigenvalue weighted by atomic mass is 10.1. The minimum atomic E-state index is -4.88. The summed E-state index contributed by atoms with van der Waals surface area (Å²) in [6.45, 7) is 0.472. The third-order valence-electron chi connectivity index (χ3n) is 6.59. The molecule has 218 valence electrons. The molecule has 2 N–H and O–H groups in total. The molecule has 0 saturated carbocycles. The van der Waals surface area contributed by atoms with Gasteiger partial charge >= 0.3 is 12.4 Å². The maximum Gasteiger partial charge on any atom is 0.423 e. The summed E-state index contributed by atoms with van der Waals surface area (Å²) in [7, 11) is 1.38. The molecule has 1 fully saturated rings. The van der Waals surface area contributed by atoms with Gasteiger partial charge in [0.1, 0.15) is 5.56 Å². The molecule has 2 aliphatic heterocycles. The Morgan fingerprint density at radius 2 is 1.88 bits per heavy atom. The summed E-state index contributed by atoms with van der Waals surface area (Å²) >= 11 is 0. The van der Waals surface area contributed by atoms with E-state index in [-0.39, 0.29) is 69.6 Å². The highest BCUT2D eigenvalue weighted by molar-refractivity contribution is 5.98. The zero-order valence-corrected chi connectivity index (χ0v) is 21.1. The molecule has 1 unspecified atom stereocenters. The number of pyridine rings is 1. The SMILES string of the molecule is CN1C(=O)CC2CN(C(=O)CCOCCNc3cn[nH]c(=O)c3C(F)(F)F)CCN2c2ncc(C(F)(F)F)cc21. The quantitative estimate of drug-likeness (QED) is 0.379. The van der Waals surface area contributed by atoms with Crippen LogP contribution in [0.4, 0.5) is 43.5 Å². The summed E-state index contributed by atoms with van der Waals surface area (Å²) in [4.78, 5) is 45.4. The van der Waals surface area contributed by atoms with E-state index in [1.165, 1.54) is 11.9 Å². The summed E-state index contributed by atoms with van der Waals surface area (Å²) in [6.07, 6.45) is -8.00. The number of piperazine rings is 1. The second-order valence-electron chi connectivity index (χ2n) is 9.18. The molecule has 17 heteroatoms. The first-order valence-electron chi connectivity index (χ1n) is 12.1. The summed E-state index contributed by atoms with van der Waals surface area (Å²) in [5, 5.41) is 7.53. The lowest BCUT2D eigenvalue weighted by molar-refractivity contribution is -0.138. The smallest absolute Gasteiger partial charge is 0.381 e. The zero-order valence-electron chi connectivity index (χ0n) is 21.1. The summed E-state index contributed by atoms with van der Waals surface area (Å²) in [5.41, 5.74) is -4.20. The molecule has 1 atom stereocenters. The fourth-order valence-electron chi connectivity index (χ4n) is 4.57. The van der Waals surface area contributed by atoms with Crippen LogP contribution in [0.25, 0.3) is 0 Å². The van der Waals surface area contributed by atoms with Crippen molar-refractivity contribution in [3.05, 3.63) is 39.9 Å². The summed E-state index contributed by atoms with van der Waals surface area (Å²) in [6, 6.07) is 0.400. The number of aromatic amines is 1. The third-order valence-corrected chi connectivity index (χ3v) is 6.59. The Morgan fingerprint density at radius 3 is 2.58 bits per heavy atom. The topological polar surface area (TPSA) is 124 Å². The number of anilines is 3. The molecule has 0 aromatic carbocycles. The summed E-state index contributed by atoms with van der Waals surface area (Å²) < 4.78 is 84.2. The lowest BCUT2D eigenvalue weighted by Crippen LogP contribution is -2.55. The largest absolute Gasteiger partial charge is 0.423 e. The lowest BCUT2D eigenvalue weighted by Gasteiger charge is -2.41. The number of H-pyrrole nitrogens is 1. The van der Waals surface area contributed by atoms with Crippen LogP contribution in [0, 0.1) is 0 Å². The molecule has 40 heavy (non-hydrogen) atoms. The Kier molecular flexibility index (Phi) is 8.23. The van der Waals surface area contributed by atoms with Crippen LogP contribution < -0.4 is 20.7 Å². The van der Waals surface area contributed by atoms with Crippen LogP contribution in [0.2, 0.25) is 0 Å². The van der Waals surface area contributed by atoms with Gasteiger partial charge in [0.05, 0.1) is 48.8 Å². The zero-order chi connectivity index (χ0) is 29.2. The van der Waals surface area contributed by atoms with Gasteiger partial charge < -0.3 is 24.8 Å². The molecule has 0 spiro atoms. The van der Waals surface area contributed by atoms with Gasteiger partial charge in [-0.3, -0.25) is 14.4 Å². The second kappa shape index (κ2) is 11.3. The van der Waals surface area contributed by atoms with Gasteiger partial charge in [-0.1, -0.05) is 0 Å². The highest BCUT2D eigenvalue weighted by atomic mass is 19.4. The van der Waals surface area contributed by atoms with E-state index in [1.807, 2.05) is 0 Å². The average molecular weight is 577 g/mol. The van der Waals surface area contributed by atoms with Gasteiger partial charge in [0.25, 0.3) is 5.56 Å². The number of carbonyl (C=O) groups is 2. The van der Waals surface area contributed by atoms with E-state index < -0.39 is 46.7 Å². The highest BCUT2D eigenvalue weighted by Gasteiger charge is 2.40. The number of hydrogen-bond acceptors (Lipinski definition) is 8. The number of hydrogen-bond donors (Lipinski definition) is 2. The van der Waals surface area contributed by atoms with Crippen molar-refractivity contribution in [3.8, 4) is 0 Å². The first kappa shape index (κ1) is 29.1. The first-order chi connectivity index (χ1) is 18.8. The Bertz CT molecular complexity index is 1320. The van der Waals surface area contributed by atoms with Crippen LogP contribution in [-0.4, -0.2) is 84.4 Å². The van der Waals surface area contributed by atoms with Crippen molar-refractivity contribution >= 4 is 29.0 Å².